The smallest absolute Gasteiger partial charge is 0.166 e. The van der Waals surface area contributed by atoms with E-state index in [0.29, 0.717) is 11.1 Å². The summed E-state index contributed by atoms with van der Waals surface area (Å²) in [6.07, 6.45) is 3.61. The van der Waals surface area contributed by atoms with Crippen LogP contribution >= 0.6 is 0 Å². The van der Waals surface area contributed by atoms with Crippen LogP contribution in [0.4, 0.5) is 8.78 Å². The van der Waals surface area contributed by atoms with Crippen LogP contribution in [0.15, 0.2) is 48.5 Å². The fraction of sp³-hybridized carbons (Fsp3) is 0.480. The van der Waals surface area contributed by atoms with E-state index in [2.05, 4.69) is 9.80 Å². The predicted molar refractivity (Wildman–Crippen MR) is 114 cm³/mol. The monoisotopic (exact) mass is 412 g/mol. The molecule has 4 atom stereocenters. The van der Waals surface area contributed by atoms with Crippen molar-refractivity contribution in [2.24, 2.45) is 0 Å². The average Bonchev–Trinajstić information content (AvgIpc) is 3.42. The fourth-order valence-electron chi connectivity index (χ4n) is 5.34. The van der Waals surface area contributed by atoms with Gasteiger partial charge in [-0.05, 0) is 64.8 Å². The first-order chi connectivity index (χ1) is 14.5. The van der Waals surface area contributed by atoms with Crippen LogP contribution in [0.2, 0.25) is 0 Å². The minimum absolute atomic E-state index is 0.0710. The van der Waals surface area contributed by atoms with Gasteiger partial charge in [-0.2, -0.15) is 0 Å². The number of Topliss-reactive ketones (excluding diaryl/α,β-unsaturated/α-hetero) is 1. The molecule has 0 N–H and O–H groups in total. The van der Waals surface area contributed by atoms with Crippen LogP contribution in [0.1, 0.15) is 62.7 Å². The van der Waals surface area contributed by atoms with Crippen molar-refractivity contribution in [1.82, 2.24) is 9.80 Å². The quantitative estimate of drug-likeness (QED) is 0.645. The summed E-state index contributed by atoms with van der Waals surface area (Å²) in [6.45, 7) is 5.45. The topological polar surface area (TPSA) is 23.6 Å². The van der Waals surface area contributed by atoms with E-state index in [-0.39, 0.29) is 41.6 Å². The first-order valence-electron chi connectivity index (χ1n) is 11.0. The molecule has 160 valence electrons. The minimum Gasteiger partial charge on any atom is -0.296 e. The van der Waals surface area contributed by atoms with Crippen molar-refractivity contribution in [3.8, 4) is 0 Å². The highest BCUT2D eigenvalue weighted by molar-refractivity contribution is 5.88. The number of carbonyl (C=O) groups excluding carboxylic acids is 1. The van der Waals surface area contributed by atoms with Gasteiger partial charge in [0, 0.05) is 23.2 Å². The summed E-state index contributed by atoms with van der Waals surface area (Å²) in [4.78, 5) is 17.8. The normalized spacial score (nSPS) is 24.8. The first kappa shape index (κ1) is 21.1. The SMILES string of the molecule is CC(C(=O)C(C)N1CCC[C@@H]1c1ccccc1F)N1CCC[C@@H]1c1ccccc1F. The van der Waals surface area contributed by atoms with Crippen LogP contribution < -0.4 is 0 Å². The number of hydrogen-bond acceptors (Lipinski definition) is 3. The zero-order valence-corrected chi connectivity index (χ0v) is 17.7. The zero-order chi connectivity index (χ0) is 21.3. The van der Waals surface area contributed by atoms with E-state index in [0.717, 1.165) is 38.8 Å². The molecule has 0 aromatic heterocycles. The maximum Gasteiger partial charge on any atom is 0.166 e. The van der Waals surface area contributed by atoms with Crippen molar-refractivity contribution in [3.05, 3.63) is 71.3 Å². The van der Waals surface area contributed by atoms with Crippen LogP contribution in [0.5, 0.6) is 0 Å². The average molecular weight is 413 g/mol. The molecule has 2 saturated heterocycles. The van der Waals surface area contributed by atoms with Gasteiger partial charge in [-0.1, -0.05) is 36.4 Å². The Kier molecular flexibility index (Phi) is 6.30. The molecule has 2 aromatic carbocycles. The first-order valence-corrected chi connectivity index (χ1v) is 11.0. The number of carbonyl (C=O) groups is 1. The van der Waals surface area contributed by atoms with Gasteiger partial charge in [-0.25, -0.2) is 8.78 Å². The highest BCUT2D eigenvalue weighted by atomic mass is 19.1. The van der Waals surface area contributed by atoms with Crippen LogP contribution in [0, 0.1) is 11.6 Å². The third-order valence-corrected chi connectivity index (χ3v) is 6.94. The van der Waals surface area contributed by atoms with E-state index in [1.807, 2.05) is 38.1 Å². The molecule has 2 fully saturated rings. The van der Waals surface area contributed by atoms with Crippen LogP contribution in [0.25, 0.3) is 0 Å². The van der Waals surface area contributed by atoms with E-state index in [1.165, 1.54) is 12.1 Å². The Labute approximate surface area is 177 Å². The van der Waals surface area contributed by atoms with Gasteiger partial charge in [0.2, 0.25) is 0 Å². The number of halogens is 2. The predicted octanol–water partition coefficient (Wildman–Crippen LogP) is 5.28. The molecule has 3 nitrogen and oxygen atoms in total. The van der Waals surface area contributed by atoms with Gasteiger partial charge >= 0.3 is 0 Å². The molecular weight excluding hydrogens is 382 g/mol. The van der Waals surface area contributed by atoms with Crippen molar-refractivity contribution < 1.29 is 13.6 Å². The molecule has 0 amide bonds. The second-order valence-corrected chi connectivity index (χ2v) is 8.59. The van der Waals surface area contributed by atoms with Crippen molar-refractivity contribution >= 4 is 5.78 Å². The summed E-state index contributed by atoms with van der Waals surface area (Å²) in [7, 11) is 0. The minimum atomic E-state index is -0.311. The summed E-state index contributed by atoms with van der Waals surface area (Å²) in [6, 6.07) is 13.0. The molecule has 0 bridgehead atoms. The van der Waals surface area contributed by atoms with Crippen LogP contribution in [0.3, 0.4) is 0 Å². The molecule has 0 radical (unpaired) electrons. The highest BCUT2D eigenvalue weighted by Gasteiger charge is 2.40. The molecule has 2 aromatic rings. The summed E-state index contributed by atoms with van der Waals surface area (Å²) >= 11 is 0. The van der Waals surface area contributed by atoms with Crippen LogP contribution in [-0.4, -0.2) is 40.8 Å². The van der Waals surface area contributed by atoms with Gasteiger partial charge in [0.05, 0.1) is 12.1 Å². The van der Waals surface area contributed by atoms with Gasteiger partial charge in [0.15, 0.2) is 5.78 Å². The Hall–Kier alpha value is -2.11. The molecule has 0 saturated carbocycles. The summed E-state index contributed by atoms with van der Waals surface area (Å²) < 4.78 is 28.8. The molecule has 2 unspecified atom stereocenters. The Morgan fingerprint density at radius 2 is 1.20 bits per heavy atom. The van der Waals surface area contributed by atoms with Gasteiger partial charge in [0.1, 0.15) is 11.6 Å². The highest BCUT2D eigenvalue weighted by Crippen LogP contribution is 2.38. The second kappa shape index (κ2) is 8.94. The molecular formula is C25H30F2N2O. The largest absolute Gasteiger partial charge is 0.296 e. The van der Waals surface area contributed by atoms with Gasteiger partial charge < -0.3 is 0 Å². The molecule has 2 aliphatic rings. The number of nitrogens with zero attached hydrogens (tertiary/aromatic N) is 2. The lowest BCUT2D eigenvalue weighted by Gasteiger charge is -2.36. The Bertz CT molecular complexity index is 831. The maximum absolute atomic E-state index is 14.4. The summed E-state index contributed by atoms with van der Waals surface area (Å²) in [5.41, 5.74) is 1.35. The van der Waals surface area contributed by atoms with E-state index in [9.17, 15) is 13.6 Å². The lowest BCUT2D eigenvalue weighted by molar-refractivity contribution is -0.129. The number of rotatable bonds is 6. The molecule has 2 heterocycles. The fourth-order valence-corrected chi connectivity index (χ4v) is 5.34. The van der Waals surface area contributed by atoms with Gasteiger partial charge in [0.25, 0.3) is 0 Å². The third-order valence-electron chi connectivity index (χ3n) is 6.94. The van der Waals surface area contributed by atoms with E-state index in [4.69, 9.17) is 0 Å². The molecule has 5 heteroatoms. The summed E-state index contributed by atoms with van der Waals surface area (Å²) in [5.74, 6) is -0.288. The Morgan fingerprint density at radius 3 is 1.60 bits per heavy atom. The number of hydrogen-bond donors (Lipinski definition) is 0. The molecule has 0 spiro atoms. The van der Waals surface area contributed by atoms with Crippen molar-refractivity contribution in [3.63, 3.8) is 0 Å². The maximum atomic E-state index is 14.4. The number of benzene rings is 2. The molecule has 4 rings (SSSR count). The van der Waals surface area contributed by atoms with Crippen molar-refractivity contribution in [1.29, 1.82) is 0 Å². The van der Waals surface area contributed by atoms with E-state index >= 15 is 0 Å². The lowest BCUT2D eigenvalue weighted by Crippen LogP contribution is -2.48. The van der Waals surface area contributed by atoms with E-state index < -0.39 is 0 Å². The Morgan fingerprint density at radius 1 is 0.800 bits per heavy atom. The molecule has 30 heavy (non-hydrogen) atoms. The van der Waals surface area contributed by atoms with E-state index in [1.54, 1.807) is 12.1 Å². The van der Waals surface area contributed by atoms with Crippen molar-refractivity contribution in [2.75, 3.05) is 13.1 Å². The number of likely N-dealkylation sites (tertiary alicyclic amines) is 2. The second-order valence-electron chi connectivity index (χ2n) is 8.59. The lowest BCUT2D eigenvalue weighted by atomic mass is 9.98. The van der Waals surface area contributed by atoms with Gasteiger partial charge in [-0.15, -0.1) is 0 Å². The summed E-state index contributed by atoms with van der Waals surface area (Å²) in [5, 5.41) is 0. The van der Waals surface area contributed by atoms with Crippen molar-refractivity contribution in [2.45, 2.75) is 63.7 Å². The van der Waals surface area contributed by atoms with Gasteiger partial charge in [-0.3, -0.25) is 14.6 Å². The molecule has 2 aliphatic heterocycles. The Balaban J connectivity index is 1.52. The number of ketones is 1. The third kappa shape index (κ3) is 3.93. The zero-order valence-electron chi connectivity index (χ0n) is 17.7. The van der Waals surface area contributed by atoms with Crippen LogP contribution in [-0.2, 0) is 4.79 Å². The standard InChI is InChI=1S/C25H30F2N2O/c1-17(28-15-7-13-23(28)19-9-3-5-11-21(19)26)25(30)18(2)29-16-8-14-24(29)20-10-4-6-12-22(20)27/h3-6,9-12,17-18,23-24H,7-8,13-16H2,1-2H3/t17?,18?,23-,24-/m1/s1. The molecule has 0 aliphatic carbocycles.